The zero-order valence-electron chi connectivity index (χ0n) is 14.5. The van der Waals surface area contributed by atoms with E-state index < -0.39 is 0 Å². The van der Waals surface area contributed by atoms with Crippen LogP contribution in [0.2, 0.25) is 0 Å². The minimum Gasteiger partial charge on any atom is -0.346 e. The van der Waals surface area contributed by atoms with Gasteiger partial charge < -0.3 is 5.32 Å². The first-order valence-electron chi connectivity index (χ1n) is 8.34. The molecule has 0 aliphatic carbocycles. The van der Waals surface area contributed by atoms with Crippen molar-refractivity contribution in [1.82, 2.24) is 30.3 Å². The molecule has 0 saturated heterocycles. The standard InChI is InChI=1S/C19H16N6OS/c1-13-16(27-19(22-13)14-6-3-2-4-7-14)12-20-18(26)15-8-9-17(24-23-15)25-11-5-10-21-25/h2-11H,12H2,1H3,(H,20,26). The van der Waals surface area contributed by atoms with Gasteiger partial charge in [0.1, 0.15) is 5.01 Å². The van der Waals surface area contributed by atoms with E-state index in [0.717, 1.165) is 21.1 Å². The van der Waals surface area contributed by atoms with Gasteiger partial charge in [-0.3, -0.25) is 4.79 Å². The summed E-state index contributed by atoms with van der Waals surface area (Å²) in [6.45, 7) is 2.35. The fourth-order valence-electron chi connectivity index (χ4n) is 2.52. The molecule has 0 unspecified atom stereocenters. The molecule has 0 bridgehead atoms. The van der Waals surface area contributed by atoms with Gasteiger partial charge in [-0.15, -0.1) is 21.5 Å². The van der Waals surface area contributed by atoms with Crippen LogP contribution in [0.5, 0.6) is 0 Å². The highest BCUT2D eigenvalue weighted by atomic mass is 32.1. The second-order valence-corrected chi connectivity index (χ2v) is 6.89. The molecule has 27 heavy (non-hydrogen) atoms. The summed E-state index contributed by atoms with van der Waals surface area (Å²) in [5.74, 6) is 0.283. The first-order valence-corrected chi connectivity index (χ1v) is 9.16. The second kappa shape index (κ2) is 7.46. The van der Waals surface area contributed by atoms with Gasteiger partial charge >= 0.3 is 0 Å². The molecule has 0 radical (unpaired) electrons. The quantitative estimate of drug-likeness (QED) is 0.579. The summed E-state index contributed by atoms with van der Waals surface area (Å²) in [5.41, 5.74) is 2.25. The van der Waals surface area contributed by atoms with Crippen LogP contribution in [0.15, 0.2) is 60.9 Å². The van der Waals surface area contributed by atoms with Crippen molar-refractivity contribution in [3.63, 3.8) is 0 Å². The van der Waals surface area contributed by atoms with Crippen LogP contribution in [0.1, 0.15) is 21.1 Å². The van der Waals surface area contributed by atoms with Crippen LogP contribution in [0, 0.1) is 6.92 Å². The van der Waals surface area contributed by atoms with Crippen LogP contribution < -0.4 is 5.32 Å². The number of hydrogen-bond donors (Lipinski definition) is 1. The lowest BCUT2D eigenvalue weighted by Crippen LogP contribution is -2.24. The van der Waals surface area contributed by atoms with Gasteiger partial charge in [0, 0.05) is 22.8 Å². The Morgan fingerprint density at radius 3 is 2.67 bits per heavy atom. The number of hydrogen-bond acceptors (Lipinski definition) is 6. The highest BCUT2D eigenvalue weighted by molar-refractivity contribution is 7.15. The number of thiazole rings is 1. The number of carbonyl (C=O) groups excluding carboxylic acids is 1. The smallest absolute Gasteiger partial charge is 0.272 e. The maximum absolute atomic E-state index is 12.4. The average molecular weight is 376 g/mol. The highest BCUT2D eigenvalue weighted by Gasteiger charge is 2.13. The maximum atomic E-state index is 12.4. The monoisotopic (exact) mass is 376 g/mol. The Morgan fingerprint density at radius 2 is 1.96 bits per heavy atom. The molecule has 8 heteroatoms. The van der Waals surface area contributed by atoms with E-state index in [1.807, 2.05) is 37.3 Å². The van der Waals surface area contributed by atoms with Crippen molar-refractivity contribution in [2.75, 3.05) is 0 Å². The summed E-state index contributed by atoms with van der Waals surface area (Å²) in [6, 6.07) is 15.1. The summed E-state index contributed by atoms with van der Waals surface area (Å²) < 4.78 is 1.58. The Bertz CT molecular complexity index is 1040. The molecule has 134 valence electrons. The topological polar surface area (TPSA) is 85.6 Å². The van der Waals surface area contributed by atoms with Gasteiger partial charge in [0.25, 0.3) is 5.91 Å². The molecular formula is C19H16N6OS. The Hall–Kier alpha value is -3.39. The van der Waals surface area contributed by atoms with E-state index in [-0.39, 0.29) is 11.6 Å². The largest absolute Gasteiger partial charge is 0.346 e. The fraction of sp³-hybridized carbons (Fsp3) is 0.105. The van der Waals surface area contributed by atoms with E-state index in [0.29, 0.717) is 12.4 Å². The van der Waals surface area contributed by atoms with Gasteiger partial charge in [0.05, 0.1) is 12.2 Å². The molecule has 0 fully saturated rings. The SMILES string of the molecule is Cc1nc(-c2ccccc2)sc1CNC(=O)c1ccc(-n2cccn2)nn1. The van der Waals surface area contributed by atoms with Crippen molar-refractivity contribution >= 4 is 17.2 Å². The summed E-state index contributed by atoms with van der Waals surface area (Å²) in [7, 11) is 0. The van der Waals surface area contributed by atoms with Gasteiger partial charge in [0.15, 0.2) is 11.5 Å². The molecule has 4 rings (SSSR count). The lowest BCUT2D eigenvalue weighted by Gasteiger charge is -2.04. The zero-order valence-corrected chi connectivity index (χ0v) is 15.3. The number of carbonyl (C=O) groups is 1. The van der Waals surface area contributed by atoms with Gasteiger partial charge in [0.2, 0.25) is 0 Å². The third-order valence-electron chi connectivity index (χ3n) is 3.95. The number of benzene rings is 1. The number of amides is 1. The van der Waals surface area contributed by atoms with E-state index in [4.69, 9.17) is 0 Å². The summed E-state index contributed by atoms with van der Waals surface area (Å²) in [5, 5.41) is 15.9. The summed E-state index contributed by atoms with van der Waals surface area (Å²) in [6.07, 6.45) is 3.42. The number of aromatic nitrogens is 5. The van der Waals surface area contributed by atoms with Crippen molar-refractivity contribution in [1.29, 1.82) is 0 Å². The van der Waals surface area contributed by atoms with Gasteiger partial charge in [-0.2, -0.15) is 5.10 Å². The first-order chi connectivity index (χ1) is 13.2. The van der Waals surface area contributed by atoms with Crippen molar-refractivity contribution in [3.8, 4) is 16.4 Å². The molecule has 0 aliphatic heterocycles. The van der Waals surface area contributed by atoms with Gasteiger partial charge in [-0.25, -0.2) is 9.67 Å². The maximum Gasteiger partial charge on any atom is 0.272 e. The van der Waals surface area contributed by atoms with Gasteiger partial charge in [-0.05, 0) is 25.1 Å². The average Bonchev–Trinajstić information content (AvgIpc) is 3.37. The van der Waals surface area contributed by atoms with Crippen LogP contribution in [0.25, 0.3) is 16.4 Å². The predicted octanol–water partition coefficient (Wildman–Crippen LogP) is 3.02. The molecule has 0 saturated carbocycles. The van der Waals surface area contributed by atoms with Crippen LogP contribution in [-0.4, -0.2) is 30.9 Å². The van der Waals surface area contributed by atoms with Crippen LogP contribution in [0.4, 0.5) is 0 Å². The number of nitrogens with zero attached hydrogens (tertiary/aromatic N) is 5. The molecule has 0 atom stereocenters. The minimum atomic E-state index is -0.274. The van der Waals surface area contributed by atoms with Gasteiger partial charge in [-0.1, -0.05) is 30.3 Å². The lowest BCUT2D eigenvalue weighted by molar-refractivity contribution is 0.0945. The summed E-state index contributed by atoms with van der Waals surface area (Å²) in [4.78, 5) is 18.0. The Balaban J connectivity index is 1.43. The molecule has 0 spiro atoms. The lowest BCUT2D eigenvalue weighted by atomic mass is 10.2. The van der Waals surface area contributed by atoms with E-state index in [1.54, 1.807) is 46.6 Å². The Kier molecular flexibility index (Phi) is 4.71. The third kappa shape index (κ3) is 3.75. The Morgan fingerprint density at radius 1 is 1.11 bits per heavy atom. The van der Waals surface area contributed by atoms with Crippen molar-refractivity contribution in [2.24, 2.45) is 0 Å². The predicted molar refractivity (Wildman–Crippen MR) is 103 cm³/mol. The molecule has 3 heterocycles. The number of rotatable bonds is 5. The molecule has 1 amide bonds. The molecule has 0 aliphatic rings. The number of aryl methyl sites for hydroxylation is 1. The van der Waals surface area contributed by atoms with E-state index >= 15 is 0 Å². The molecule has 4 aromatic rings. The minimum absolute atomic E-state index is 0.261. The van der Waals surface area contributed by atoms with Crippen LogP contribution >= 0.6 is 11.3 Å². The zero-order chi connectivity index (χ0) is 18.6. The third-order valence-corrected chi connectivity index (χ3v) is 5.15. The number of nitrogens with one attached hydrogen (secondary N) is 1. The van der Waals surface area contributed by atoms with E-state index in [9.17, 15) is 4.79 Å². The first kappa shape index (κ1) is 17.0. The second-order valence-electron chi connectivity index (χ2n) is 5.80. The molecular weight excluding hydrogens is 360 g/mol. The highest BCUT2D eigenvalue weighted by Crippen LogP contribution is 2.27. The van der Waals surface area contributed by atoms with Crippen LogP contribution in [0.3, 0.4) is 0 Å². The molecule has 3 aromatic heterocycles. The fourth-order valence-corrected chi connectivity index (χ4v) is 3.53. The Labute approximate surface area is 159 Å². The van der Waals surface area contributed by atoms with Crippen LogP contribution in [-0.2, 0) is 6.54 Å². The van der Waals surface area contributed by atoms with E-state index in [2.05, 4.69) is 25.6 Å². The van der Waals surface area contributed by atoms with E-state index in [1.165, 1.54) is 0 Å². The molecule has 1 N–H and O–H groups in total. The molecule has 1 aromatic carbocycles. The van der Waals surface area contributed by atoms with Crippen molar-refractivity contribution < 1.29 is 4.79 Å². The molecule has 7 nitrogen and oxygen atoms in total. The normalized spacial score (nSPS) is 10.7. The summed E-state index contributed by atoms with van der Waals surface area (Å²) >= 11 is 1.58. The van der Waals surface area contributed by atoms with Crippen molar-refractivity contribution in [2.45, 2.75) is 13.5 Å². The van der Waals surface area contributed by atoms with Crippen molar-refractivity contribution in [3.05, 3.63) is 77.2 Å².